The van der Waals surface area contributed by atoms with E-state index >= 15 is 0 Å². The summed E-state index contributed by atoms with van der Waals surface area (Å²) >= 11 is 0. The monoisotopic (exact) mass is 205 g/mol. The maximum Gasteiger partial charge on any atom is 0.120 e. The lowest BCUT2D eigenvalue weighted by atomic mass is 10.1. The van der Waals surface area contributed by atoms with Gasteiger partial charge < -0.3 is 14.2 Å². The fourth-order valence-electron chi connectivity index (χ4n) is 1.57. The van der Waals surface area contributed by atoms with Gasteiger partial charge in [0.25, 0.3) is 0 Å². The van der Waals surface area contributed by atoms with Crippen LogP contribution in [0.1, 0.15) is 30.9 Å². The summed E-state index contributed by atoms with van der Waals surface area (Å²) in [5.41, 5.74) is 0. The molecule has 0 bridgehead atoms. The van der Waals surface area contributed by atoms with Crippen LogP contribution in [0.15, 0.2) is 45.6 Å². The Labute approximate surface area is 89.1 Å². The second-order valence-corrected chi connectivity index (χ2v) is 3.44. The summed E-state index contributed by atoms with van der Waals surface area (Å²) in [6.07, 6.45) is 4.38. The first-order valence-corrected chi connectivity index (χ1v) is 5.19. The van der Waals surface area contributed by atoms with E-state index in [0.29, 0.717) is 0 Å². The van der Waals surface area contributed by atoms with Gasteiger partial charge in [-0.05, 0) is 30.7 Å². The first-order chi connectivity index (χ1) is 7.40. The molecule has 0 saturated heterocycles. The number of hydrogen-bond acceptors (Lipinski definition) is 3. The van der Waals surface area contributed by atoms with Crippen molar-refractivity contribution in [2.24, 2.45) is 0 Å². The van der Waals surface area contributed by atoms with Crippen LogP contribution >= 0.6 is 0 Å². The quantitative estimate of drug-likeness (QED) is 0.815. The largest absolute Gasteiger partial charge is 0.468 e. The summed E-state index contributed by atoms with van der Waals surface area (Å²) in [4.78, 5) is 0. The van der Waals surface area contributed by atoms with E-state index in [4.69, 9.17) is 8.83 Å². The van der Waals surface area contributed by atoms with Gasteiger partial charge in [0.15, 0.2) is 0 Å². The zero-order valence-electron chi connectivity index (χ0n) is 8.77. The van der Waals surface area contributed by atoms with Gasteiger partial charge in [0, 0.05) is 0 Å². The van der Waals surface area contributed by atoms with E-state index in [-0.39, 0.29) is 6.04 Å². The molecule has 2 rings (SSSR count). The molecule has 2 aromatic rings. The predicted octanol–water partition coefficient (Wildman–Crippen LogP) is 3.11. The Kier molecular flexibility index (Phi) is 3.25. The highest BCUT2D eigenvalue weighted by molar-refractivity contribution is 5.05. The van der Waals surface area contributed by atoms with Gasteiger partial charge in [-0.15, -0.1) is 0 Å². The van der Waals surface area contributed by atoms with Crippen molar-refractivity contribution >= 4 is 0 Å². The van der Waals surface area contributed by atoms with Crippen molar-refractivity contribution in [3.05, 3.63) is 48.3 Å². The van der Waals surface area contributed by atoms with E-state index in [1.165, 1.54) is 0 Å². The van der Waals surface area contributed by atoms with E-state index in [2.05, 4.69) is 12.2 Å². The molecule has 80 valence electrons. The van der Waals surface area contributed by atoms with Crippen LogP contribution in [-0.2, 0) is 6.54 Å². The summed E-state index contributed by atoms with van der Waals surface area (Å²) in [6.45, 7) is 2.86. The molecule has 0 aromatic carbocycles. The van der Waals surface area contributed by atoms with Crippen molar-refractivity contribution in [1.82, 2.24) is 5.32 Å². The number of hydrogen-bond donors (Lipinski definition) is 1. The van der Waals surface area contributed by atoms with Crippen molar-refractivity contribution in [1.29, 1.82) is 0 Å². The highest BCUT2D eigenvalue weighted by Crippen LogP contribution is 2.17. The van der Waals surface area contributed by atoms with Crippen molar-refractivity contribution in [2.75, 3.05) is 0 Å². The molecular weight excluding hydrogens is 190 g/mol. The summed E-state index contributed by atoms with van der Waals surface area (Å²) < 4.78 is 10.6. The lowest BCUT2D eigenvalue weighted by Crippen LogP contribution is -2.19. The van der Waals surface area contributed by atoms with Crippen LogP contribution in [0.2, 0.25) is 0 Å². The van der Waals surface area contributed by atoms with Crippen LogP contribution < -0.4 is 5.32 Å². The Morgan fingerprint density at radius 2 is 2.00 bits per heavy atom. The van der Waals surface area contributed by atoms with E-state index in [1.807, 2.05) is 24.3 Å². The third kappa shape index (κ3) is 2.50. The maximum atomic E-state index is 5.36. The zero-order valence-corrected chi connectivity index (χ0v) is 8.77. The van der Waals surface area contributed by atoms with Gasteiger partial charge in [-0.3, -0.25) is 0 Å². The molecule has 3 nitrogen and oxygen atoms in total. The fraction of sp³-hybridized carbons (Fsp3) is 0.333. The van der Waals surface area contributed by atoms with Crippen molar-refractivity contribution < 1.29 is 8.83 Å². The van der Waals surface area contributed by atoms with Crippen LogP contribution in [0.25, 0.3) is 0 Å². The molecule has 3 heteroatoms. The van der Waals surface area contributed by atoms with Gasteiger partial charge in [0.1, 0.15) is 11.5 Å². The molecule has 2 aromatic heterocycles. The molecule has 1 unspecified atom stereocenters. The number of rotatable bonds is 5. The minimum atomic E-state index is 0.255. The summed E-state index contributed by atoms with van der Waals surface area (Å²) in [5.74, 6) is 1.92. The molecule has 0 aliphatic rings. The van der Waals surface area contributed by atoms with Crippen LogP contribution in [0.5, 0.6) is 0 Å². The van der Waals surface area contributed by atoms with Crippen molar-refractivity contribution in [2.45, 2.75) is 25.9 Å². The molecule has 0 aliphatic heterocycles. The topological polar surface area (TPSA) is 38.3 Å². The Balaban J connectivity index is 1.92. The van der Waals surface area contributed by atoms with Gasteiger partial charge in [0.2, 0.25) is 0 Å². The maximum absolute atomic E-state index is 5.36. The first kappa shape index (κ1) is 10.1. The van der Waals surface area contributed by atoms with E-state index < -0.39 is 0 Å². The van der Waals surface area contributed by atoms with E-state index in [1.54, 1.807) is 12.5 Å². The molecule has 2 heterocycles. The minimum Gasteiger partial charge on any atom is -0.468 e. The predicted molar refractivity (Wildman–Crippen MR) is 57.3 cm³/mol. The Morgan fingerprint density at radius 3 is 2.60 bits per heavy atom. The SMILES string of the molecule is CCC(NCc1ccco1)c1ccco1. The molecule has 0 saturated carbocycles. The van der Waals surface area contributed by atoms with Gasteiger partial charge in [-0.2, -0.15) is 0 Å². The molecule has 1 N–H and O–H groups in total. The highest BCUT2D eigenvalue weighted by atomic mass is 16.3. The molecule has 0 radical (unpaired) electrons. The average molecular weight is 205 g/mol. The average Bonchev–Trinajstić information content (AvgIpc) is 2.90. The van der Waals surface area contributed by atoms with E-state index in [9.17, 15) is 0 Å². The highest BCUT2D eigenvalue weighted by Gasteiger charge is 2.11. The molecular formula is C12H15NO2. The lowest BCUT2D eigenvalue weighted by Gasteiger charge is -2.13. The van der Waals surface area contributed by atoms with Crippen LogP contribution in [0.4, 0.5) is 0 Å². The third-order valence-electron chi connectivity index (χ3n) is 2.40. The first-order valence-electron chi connectivity index (χ1n) is 5.19. The summed E-state index contributed by atoms with van der Waals surface area (Å²) in [6, 6.07) is 8.01. The molecule has 0 amide bonds. The van der Waals surface area contributed by atoms with Crippen molar-refractivity contribution in [3.8, 4) is 0 Å². The molecule has 0 fully saturated rings. The molecule has 0 aliphatic carbocycles. The standard InChI is InChI=1S/C12H15NO2/c1-2-11(12-6-4-8-15-12)13-9-10-5-3-7-14-10/h3-8,11,13H,2,9H2,1H3. The van der Waals surface area contributed by atoms with Crippen molar-refractivity contribution in [3.63, 3.8) is 0 Å². The van der Waals surface area contributed by atoms with Crippen LogP contribution in [0, 0.1) is 0 Å². The van der Waals surface area contributed by atoms with Crippen LogP contribution in [0.3, 0.4) is 0 Å². The molecule has 0 spiro atoms. The third-order valence-corrected chi connectivity index (χ3v) is 2.40. The summed E-state index contributed by atoms with van der Waals surface area (Å²) in [5, 5.41) is 3.39. The minimum absolute atomic E-state index is 0.255. The number of nitrogens with one attached hydrogen (secondary N) is 1. The van der Waals surface area contributed by atoms with E-state index in [0.717, 1.165) is 24.5 Å². The smallest absolute Gasteiger partial charge is 0.120 e. The fourth-order valence-corrected chi connectivity index (χ4v) is 1.57. The normalized spacial score (nSPS) is 12.9. The summed E-state index contributed by atoms with van der Waals surface area (Å²) in [7, 11) is 0. The van der Waals surface area contributed by atoms with Gasteiger partial charge in [0.05, 0.1) is 25.1 Å². The van der Waals surface area contributed by atoms with Crippen LogP contribution in [-0.4, -0.2) is 0 Å². The molecule has 1 atom stereocenters. The Hall–Kier alpha value is -1.48. The van der Waals surface area contributed by atoms with Gasteiger partial charge in [-0.25, -0.2) is 0 Å². The second-order valence-electron chi connectivity index (χ2n) is 3.44. The lowest BCUT2D eigenvalue weighted by molar-refractivity contribution is 0.384. The Bertz CT molecular complexity index is 364. The van der Waals surface area contributed by atoms with Gasteiger partial charge in [-0.1, -0.05) is 6.92 Å². The molecule has 15 heavy (non-hydrogen) atoms. The van der Waals surface area contributed by atoms with Gasteiger partial charge >= 0.3 is 0 Å². The second kappa shape index (κ2) is 4.84. The Morgan fingerprint density at radius 1 is 1.20 bits per heavy atom. The zero-order chi connectivity index (χ0) is 10.5. The number of furan rings is 2.